The first-order chi connectivity index (χ1) is 8.63. The number of aliphatic hydroxyl groups excluding tert-OH is 1. The SMILES string of the molecule is Cc1ccc(CN(Cc2ccco2)CC(C)O)s1. The molecule has 98 valence electrons. The molecule has 0 saturated carbocycles. The molecule has 2 rings (SSSR count). The van der Waals surface area contributed by atoms with Gasteiger partial charge in [-0.25, -0.2) is 0 Å². The number of thiophene rings is 1. The summed E-state index contributed by atoms with van der Waals surface area (Å²) >= 11 is 1.80. The molecule has 2 heterocycles. The summed E-state index contributed by atoms with van der Waals surface area (Å²) in [5.41, 5.74) is 0. The van der Waals surface area contributed by atoms with Crippen LogP contribution in [0.25, 0.3) is 0 Å². The molecule has 4 heteroatoms. The number of hydrogen-bond donors (Lipinski definition) is 1. The van der Waals surface area contributed by atoms with Crippen LogP contribution in [0.15, 0.2) is 34.9 Å². The molecule has 0 amide bonds. The molecule has 0 aromatic carbocycles. The van der Waals surface area contributed by atoms with E-state index in [-0.39, 0.29) is 6.10 Å². The molecule has 0 spiro atoms. The lowest BCUT2D eigenvalue weighted by Crippen LogP contribution is -2.29. The van der Waals surface area contributed by atoms with E-state index >= 15 is 0 Å². The highest BCUT2D eigenvalue weighted by molar-refractivity contribution is 7.11. The summed E-state index contributed by atoms with van der Waals surface area (Å²) in [7, 11) is 0. The van der Waals surface area contributed by atoms with E-state index in [2.05, 4.69) is 24.0 Å². The fraction of sp³-hybridized carbons (Fsp3) is 0.429. The van der Waals surface area contributed by atoms with Crippen LogP contribution in [0.2, 0.25) is 0 Å². The van der Waals surface area contributed by atoms with Crippen LogP contribution in [0.3, 0.4) is 0 Å². The zero-order chi connectivity index (χ0) is 13.0. The summed E-state index contributed by atoms with van der Waals surface area (Å²) < 4.78 is 5.37. The summed E-state index contributed by atoms with van der Waals surface area (Å²) in [6.07, 6.45) is 1.35. The van der Waals surface area contributed by atoms with Gasteiger partial charge in [-0.15, -0.1) is 11.3 Å². The predicted molar refractivity (Wildman–Crippen MR) is 73.6 cm³/mol. The van der Waals surface area contributed by atoms with E-state index in [9.17, 15) is 5.11 Å². The molecule has 2 aromatic rings. The normalized spacial score (nSPS) is 13.1. The van der Waals surface area contributed by atoms with Gasteiger partial charge in [0.05, 0.1) is 18.9 Å². The molecule has 0 aliphatic carbocycles. The molecule has 2 aromatic heterocycles. The Bertz CT molecular complexity index is 462. The monoisotopic (exact) mass is 265 g/mol. The number of rotatable bonds is 6. The molecule has 0 fully saturated rings. The third-order valence-electron chi connectivity index (χ3n) is 2.66. The van der Waals surface area contributed by atoms with Gasteiger partial charge in [-0.1, -0.05) is 0 Å². The zero-order valence-corrected chi connectivity index (χ0v) is 11.6. The topological polar surface area (TPSA) is 36.6 Å². The average Bonchev–Trinajstić information content (AvgIpc) is 2.89. The highest BCUT2D eigenvalue weighted by Crippen LogP contribution is 2.18. The summed E-state index contributed by atoms with van der Waals surface area (Å²) in [6, 6.07) is 8.14. The van der Waals surface area contributed by atoms with Gasteiger partial charge < -0.3 is 9.52 Å². The number of hydrogen-bond acceptors (Lipinski definition) is 4. The van der Waals surface area contributed by atoms with E-state index in [1.165, 1.54) is 9.75 Å². The van der Waals surface area contributed by atoms with Crippen LogP contribution in [0.4, 0.5) is 0 Å². The second-order valence-electron chi connectivity index (χ2n) is 4.61. The first kappa shape index (κ1) is 13.3. The van der Waals surface area contributed by atoms with E-state index < -0.39 is 0 Å². The van der Waals surface area contributed by atoms with Crippen molar-refractivity contribution in [2.24, 2.45) is 0 Å². The van der Waals surface area contributed by atoms with Gasteiger partial charge in [-0.2, -0.15) is 0 Å². The first-order valence-corrected chi connectivity index (χ1v) is 6.93. The number of nitrogens with zero attached hydrogens (tertiary/aromatic N) is 1. The Hall–Kier alpha value is -1.10. The summed E-state index contributed by atoms with van der Waals surface area (Å²) in [5.74, 6) is 0.934. The average molecular weight is 265 g/mol. The van der Waals surface area contributed by atoms with Crippen molar-refractivity contribution >= 4 is 11.3 Å². The molecule has 0 aliphatic heterocycles. The van der Waals surface area contributed by atoms with E-state index in [1.807, 2.05) is 19.1 Å². The molecule has 18 heavy (non-hydrogen) atoms. The molecule has 3 nitrogen and oxygen atoms in total. The van der Waals surface area contributed by atoms with Crippen molar-refractivity contribution in [3.63, 3.8) is 0 Å². The van der Waals surface area contributed by atoms with Crippen LogP contribution in [0.1, 0.15) is 22.4 Å². The second-order valence-corrected chi connectivity index (χ2v) is 5.98. The zero-order valence-electron chi connectivity index (χ0n) is 10.8. The van der Waals surface area contributed by atoms with Crippen LogP contribution >= 0.6 is 11.3 Å². The maximum absolute atomic E-state index is 9.57. The van der Waals surface area contributed by atoms with Crippen LogP contribution in [-0.2, 0) is 13.1 Å². The Morgan fingerprint density at radius 1 is 1.33 bits per heavy atom. The summed E-state index contributed by atoms with van der Waals surface area (Å²) in [4.78, 5) is 4.84. The van der Waals surface area contributed by atoms with Gasteiger partial charge in [0.25, 0.3) is 0 Å². The molecular formula is C14H19NO2S. The van der Waals surface area contributed by atoms with E-state index in [1.54, 1.807) is 17.6 Å². The van der Waals surface area contributed by atoms with Crippen LogP contribution in [0.5, 0.6) is 0 Å². The van der Waals surface area contributed by atoms with Gasteiger partial charge in [0, 0.05) is 22.8 Å². The number of aryl methyl sites for hydroxylation is 1. The maximum atomic E-state index is 9.57. The van der Waals surface area contributed by atoms with Crippen LogP contribution in [0, 0.1) is 6.92 Å². The highest BCUT2D eigenvalue weighted by atomic mass is 32.1. The van der Waals surface area contributed by atoms with E-state index in [4.69, 9.17) is 4.42 Å². The van der Waals surface area contributed by atoms with Crippen molar-refractivity contribution in [1.82, 2.24) is 4.90 Å². The quantitative estimate of drug-likeness (QED) is 0.872. The van der Waals surface area contributed by atoms with Crippen molar-refractivity contribution < 1.29 is 9.52 Å². The largest absolute Gasteiger partial charge is 0.468 e. The second kappa shape index (κ2) is 6.18. The Morgan fingerprint density at radius 2 is 2.17 bits per heavy atom. The van der Waals surface area contributed by atoms with Gasteiger partial charge in [0.1, 0.15) is 5.76 Å². The Balaban J connectivity index is 2.00. The number of aliphatic hydroxyl groups is 1. The lowest BCUT2D eigenvalue weighted by molar-refractivity contribution is 0.114. The van der Waals surface area contributed by atoms with Gasteiger partial charge in [-0.05, 0) is 38.1 Å². The number of furan rings is 1. The molecule has 0 aliphatic rings. The van der Waals surface area contributed by atoms with Crippen LogP contribution in [-0.4, -0.2) is 22.7 Å². The fourth-order valence-corrected chi connectivity index (χ4v) is 2.90. The third-order valence-corrected chi connectivity index (χ3v) is 3.64. The summed E-state index contributed by atoms with van der Waals surface area (Å²) in [5, 5.41) is 9.57. The fourth-order valence-electron chi connectivity index (χ4n) is 1.97. The van der Waals surface area contributed by atoms with Gasteiger partial charge >= 0.3 is 0 Å². The van der Waals surface area contributed by atoms with E-state index in [0.717, 1.165) is 18.8 Å². The molecular weight excluding hydrogens is 246 g/mol. The Kier molecular flexibility index (Phi) is 4.58. The maximum Gasteiger partial charge on any atom is 0.117 e. The van der Waals surface area contributed by atoms with Crippen molar-refractivity contribution in [2.75, 3.05) is 6.54 Å². The van der Waals surface area contributed by atoms with E-state index in [0.29, 0.717) is 6.54 Å². The highest BCUT2D eigenvalue weighted by Gasteiger charge is 2.12. The molecule has 0 radical (unpaired) electrons. The first-order valence-electron chi connectivity index (χ1n) is 6.11. The van der Waals surface area contributed by atoms with Crippen molar-refractivity contribution in [3.05, 3.63) is 46.0 Å². The van der Waals surface area contributed by atoms with Crippen molar-refractivity contribution in [2.45, 2.75) is 33.0 Å². The van der Waals surface area contributed by atoms with Crippen LogP contribution < -0.4 is 0 Å². The minimum atomic E-state index is -0.332. The molecule has 1 unspecified atom stereocenters. The molecule has 0 saturated heterocycles. The predicted octanol–water partition coefficient (Wildman–Crippen LogP) is 3.03. The third kappa shape index (κ3) is 3.98. The van der Waals surface area contributed by atoms with Gasteiger partial charge in [-0.3, -0.25) is 4.90 Å². The molecule has 1 atom stereocenters. The van der Waals surface area contributed by atoms with Gasteiger partial charge in [0.15, 0.2) is 0 Å². The van der Waals surface area contributed by atoms with Crippen molar-refractivity contribution in [1.29, 1.82) is 0 Å². The van der Waals surface area contributed by atoms with Crippen molar-refractivity contribution in [3.8, 4) is 0 Å². The molecule has 1 N–H and O–H groups in total. The lowest BCUT2D eigenvalue weighted by Gasteiger charge is -2.21. The Labute approximate surface area is 112 Å². The minimum absolute atomic E-state index is 0.332. The Morgan fingerprint density at radius 3 is 2.72 bits per heavy atom. The van der Waals surface area contributed by atoms with Gasteiger partial charge in [0.2, 0.25) is 0 Å². The summed E-state index contributed by atoms with van der Waals surface area (Å²) in [6.45, 7) is 6.16. The smallest absolute Gasteiger partial charge is 0.117 e. The standard InChI is InChI=1S/C14H19NO2S/c1-11(16)8-15(9-13-4-3-7-17-13)10-14-6-5-12(2)18-14/h3-7,11,16H,8-10H2,1-2H3. The molecule has 0 bridgehead atoms. The minimum Gasteiger partial charge on any atom is -0.468 e. The lowest BCUT2D eigenvalue weighted by atomic mass is 10.3.